The van der Waals surface area contributed by atoms with E-state index in [4.69, 9.17) is 5.11 Å². The fraction of sp³-hybridized carbons (Fsp3) is 0.200. The number of carbonyl (C=O) groups is 1. The fourth-order valence-electron chi connectivity index (χ4n) is 1.33. The van der Waals surface area contributed by atoms with E-state index in [1.165, 1.54) is 23.4 Å². The van der Waals surface area contributed by atoms with Crippen LogP contribution in [0.25, 0.3) is 0 Å². The molecule has 0 radical (unpaired) electrons. The van der Waals surface area contributed by atoms with E-state index in [1.54, 1.807) is 6.07 Å². The largest absolute Gasteiger partial charge is 0.504 e. The summed E-state index contributed by atoms with van der Waals surface area (Å²) in [6, 6.07) is 4.08. The van der Waals surface area contributed by atoms with E-state index in [0.29, 0.717) is 18.7 Å². The minimum absolute atomic E-state index is 0.184. The minimum Gasteiger partial charge on any atom is -0.504 e. The topological polar surface area (TPSA) is 85.2 Å². The highest BCUT2D eigenvalue weighted by atomic mass is 16.3. The van der Waals surface area contributed by atoms with Gasteiger partial charge in [0.15, 0.2) is 11.5 Å². The van der Waals surface area contributed by atoms with Crippen molar-refractivity contribution in [1.29, 1.82) is 0 Å². The number of amides is 2. The lowest BCUT2D eigenvalue weighted by Gasteiger charge is -2.05. The summed E-state index contributed by atoms with van der Waals surface area (Å²) < 4.78 is 0. The van der Waals surface area contributed by atoms with Crippen molar-refractivity contribution in [3.05, 3.63) is 23.8 Å². The number of carbonyl (C=O) groups excluding carboxylic acids is 1. The van der Waals surface area contributed by atoms with Crippen LogP contribution in [0.4, 0.5) is 4.79 Å². The molecule has 1 aromatic carbocycles. The number of rotatable bonds is 2. The monoisotopic (exact) mass is 221 g/mol. The van der Waals surface area contributed by atoms with Crippen LogP contribution in [0, 0.1) is 0 Å². The van der Waals surface area contributed by atoms with Crippen LogP contribution in [0.15, 0.2) is 23.3 Å². The number of hydrazone groups is 1. The van der Waals surface area contributed by atoms with Gasteiger partial charge in [0.25, 0.3) is 0 Å². The summed E-state index contributed by atoms with van der Waals surface area (Å²) in [5, 5.41) is 26.2. The Bertz CT molecular complexity index is 445. The highest BCUT2D eigenvalue weighted by Gasteiger charge is 2.17. The van der Waals surface area contributed by atoms with Crippen molar-refractivity contribution in [3.63, 3.8) is 0 Å². The van der Waals surface area contributed by atoms with Crippen molar-refractivity contribution in [3.8, 4) is 11.5 Å². The second-order valence-electron chi connectivity index (χ2n) is 3.35. The number of phenolic OH excluding ortho intramolecular Hbond substituents is 2. The van der Waals surface area contributed by atoms with Gasteiger partial charge in [-0.1, -0.05) is 0 Å². The fourth-order valence-corrected chi connectivity index (χ4v) is 1.33. The van der Waals surface area contributed by atoms with Gasteiger partial charge in [0.2, 0.25) is 0 Å². The highest BCUT2D eigenvalue weighted by Crippen LogP contribution is 2.24. The number of hydrogen-bond acceptors (Lipinski definition) is 4. The Morgan fingerprint density at radius 3 is 2.81 bits per heavy atom. The number of urea groups is 1. The Hall–Kier alpha value is -2.24. The predicted molar refractivity (Wildman–Crippen MR) is 57.5 cm³/mol. The molecule has 84 valence electrons. The van der Waals surface area contributed by atoms with Crippen molar-refractivity contribution < 1.29 is 15.0 Å². The Morgan fingerprint density at radius 1 is 1.38 bits per heavy atom. The number of nitrogens with one attached hydrogen (secondary N) is 1. The molecular weight excluding hydrogens is 210 g/mol. The van der Waals surface area contributed by atoms with Crippen LogP contribution in [0.1, 0.15) is 5.56 Å². The van der Waals surface area contributed by atoms with Gasteiger partial charge < -0.3 is 15.5 Å². The summed E-state index contributed by atoms with van der Waals surface area (Å²) in [6.07, 6.45) is 1.45. The maximum absolute atomic E-state index is 11.1. The average Bonchev–Trinajstić information content (AvgIpc) is 2.66. The number of benzene rings is 1. The molecule has 1 aromatic rings. The molecule has 0 aliphatic carbocycles. The number of hydrogen-bond donors (Lipinski definition) is 3. The van der Waals surface area contributed by atoms with Gasteiger partial charge in [-0.05, 0) is 23.8 Å². The first-order valence-corrected chi connectivity index (χ1v) is 4.78. The first-order valence-electron chi connectivity index (χ1n) is 4.78. The maximum atomic E-state index is 11.1. The van der Waals surface area contributed by atoms with Gasteiger partial charge in [-0.2, -0.15) is 5.10 Å². The lowest BCUT2D eigenvalue weighted by atomic mass is 10.2. The summed E-state index contributed by atoms with van der Waals surface area (Å²) in [5.41, 5.74) is 0.606. The second-order valence-corrected chi connectivity index (χ2v) is 3.35. The van der Waals surface area contributed by atoms with Crippen LogP contribution >= 0.6 is 0 Å². The molecule has 6 heteroatoms. The molecular formula is C10H11N3O3. The Balaban J connectivity index is 2.11. The van der Waals surface area contributed by atoms with Crippen molar-refractivity contribution in [2.45, 2.75) is 0 Å². The zero-order chi connectivity index (χ0) is 11.5. The van der Waals surface area contributed by atoms with Gasteiger partial charge in [0.05, 0.1) is 12.8 Å². The molecule has 1 fully saturated rings. The van der Waals surface area contributed by atoms with Gasteiger partial charge in [-0.25, -0.2) is 9.80 Å². The van der Waals surface area contributed by atoms with E-state index in [-0.39, 0.29) is 17.5 Å². The Labute approximate surface area is 91.8 Å². The van der Waals surface area contributed by atoms with Crippen molar-refractivity contribution in [2.75, 3.05) is 13.1 Å². The number of aromatic hydroxyl groups is 2. The molecule has 1 saturated heterocycles. The van der Waals surface area contributed by atoms with Crippen LogP contribution in [0.5, 0.6) is 11.5 Å². The van der Waals surface area contributed by atoms with Crippen molar-refractivity contribution >= 4 is 12.2 Å². The third-order valence-corrected chi connectivity index (χ3v) is 2.18. The third kappa shape index (κ3) is 2.05. The van der Waals surface area contributed by atoms with E-state index in [0.717, 1.165) is 0 Å². The quantitative estimate of drug-likeness (QED) is 0.501. The molecule has 2 amide bonds. The standard InChI is InChI=1S/C10H11N3O3/c14-8-2-1-7(5-9(8)15)6-12-13-4-3-11-10(13)16/h1-2,5-6,14-15H,3-4H2,(H,11,16). The average molecular weight is 221 g/mol. The summed E-state index contributed by atoms with van der Waals surface area (Å²) in [6.45, 7) is 1.11. The van der Waals surface area contributed by atoms with E-state index in [9.17, 15) is 9.90 Å². The molecule has 0 unspecified atom stereocenters. The summed E-state index contributed by atoms with van der Waals surface area (Å²) in [7, 11) is 0. The third-order valence-electron chi connectivity index (χ3n) is 2.18. The molecule has 1 aliphatic heterocycles. The molecule has 0 saturated carbocycles. The summed E-state index contributed by atoms with van der Waals surface area (Å²) in [5.74, 6) is -0.397. The van der Waals surface area contributed by atoms with Gasteiger partial charge in [0.1, 0.15) is 0 Å². The molecule has 0 bridgehead atoms. The van der Waals surface area contributed by atoms with Crippen molar-refractivity contribution in [2.24, 2.45) is 5.10 Å². The lowest BCUT2D eigenvalue weighted by molar-refractivity contribution is 0.219. The SMILES string of the molecule is O=C1NCCN1N=Cc1ccc(O)c(O)c1. The molecule has 16 heavy (non-hydrogen) atoms. The Kier molecular flexibility index (Phi) is 2.63. The molecule has 0 aromatic heterocycles. The molecule has 2 rings (SSSR count). The van der Waals surface area contributed by atoms with E-state index in [1.807, 2.05) is 0 Å². The van der Waals surface area contributed by atoms with Crippen LogP contribution in [0.3, 0.4) is 0 Å². The van der Waals surface area contributed by atoms with Gasteiger partial charge in [0, 0.05) is 6.54 Å². The maximum Gasteiger partial charge on any atom is 0.337 e. The zero-order valence-corrected chi connectivity index (χ0v) is 8.42. The Morgan fingerprint density at radius 2 is 2.19 bits per heavy atom. The van der Waals surface area contributed by atoms with Gasteiger partial charge in [-0.3, -0.25) is 0 Å². The normalized spacial score (nSPS) is 15.8. The first kappa shape index (κ1) is 10.3. The van der Waals surface area contributed by atoms with Crippen LogP contribution < -0.4 is 5.32 Å². The molecule has 1 heterocycles. The molecule has 0 spiro atoms. The van der Waals surface area contributed by atoms with E-state index in [2.05, 4.69) is 10.4 Å². The molecule has 6 nitrogen and oxygen atoms in total. The van der Waals surface area contributed by atoms with E-state index >= 15 is 0 Å². The smallest absolute Gasteiger partial charge is 0.337 e. The zero-order valence-electron chi connectivity index (χ0n) is 8.42. The second kappa shape index (κ2) is 4.09. The minimum atomic E-state index is -0.237. The van der Waals surface area contributed by atoms with Crippen LogP contribution in [-0.4, -0.2) is 40.6 Å². The molecule has 1 aliphatic rings. The van der Waals surface area contributed by atoms with Gasteiger partial charge in [-0.15, -0.1) is 0 Å². The van der Waals surface area contributed by atoms with Crippen molar-refractivity contribution in [1.82, 2.24) is 10.3 Å². The lowest BCUT2D eigenvalue weighted by Crippen LogP contribution is -2.23. The molecule has 0 atom stereocenters. The summed E-state index contributed by atoms with van der Waals surface area (Å²) >= 11 is 0. The first-order chi connectivity index (χ1) is 7.66. The summed E-state index contributed by atoms with van der Waals surface area (Å²) in [4.78, 5) is 11.1. The van der Waals surface area contributed by atoms with Crippen LogP contribution in [-0.2, 0) is 0 Å². The van der Waals surface area contributed by atoms with Crippen LogP contribution in [0.2, 0.25) is 0 Å². The number of nitrogens with zero attached hydrogens (tertiary/aromatic N) is 2. The predicted octanol–water partition coefficient (Wildman–Crippen LogP) is 0.457. The number of phenols is 2. The van der Waals surface area contributed by atoms with Gasteiger partial charge >= 0.3 is 6.03 Å². The highest BCUT2D eigenvalue weighted by molar-refractivity contribution is 5.83. The molecule has 3 N–H and O–H groups in total. The van der Waals surface area contributed by atoms with E-state index < -0.39 is 0 Å².